The number of amides is 2. The van der Waals surface area contributed by atoms with Crippen LogP contribution in [0.1, 0.15) is 72.6 Å². The number of hydrogen-bond donors (Lipinski definition) is 1. The number of piperazine rings is 1. The van der Waals surface area contributed by atoms with Crippen LogP contribution in [0, 0.1) is 5.92 Å². The Kier molecular flexibility index (Phi) is 4.95. The lowest BCUT2D eigenvalue weighted by Gasteiger charge is -2.49. The maximum absolute atomic E-state index is 13.1. The van der Waals surface area contributed by atoms with Gasteiger partial charge in [0.25, 0.3) is 0 Å². The van der Waals surface area contributed by atoms with Gasteiger partial charge in [-0.25, -0.2) is 0 Å². The Hall–Kier alpha value is -1.06. The molecule has 1 aliphatic heterocycles. The van der Waals surface area contributed by atoms with E-state index >= 15 is 0 Å². The maximum Gasteiger partial charge on any atom is 0.249 e. The summed E-state index contributed by atoms with van der Waals surface area (Å²) < 4.78 is 0. The minimum atomic E-state index is -0.688. The molecule has 0 radical (unpaired) electrons. The van der Waals surface area contributed by atoms with Crippen molar-refractivity contribution in [2.75, 3.05) is 0 Å². The SMILES string of the molecule is CCC1(CC)NC(=O)C(C)N(C(C)C2CCCCC2)C1=O. The first-order chi connectivity index (χ1) is 9.96. The molecule has 0 spiro atoms. The fourth-order valence-corrected chi connectivity index (χ4v) is 4.05. The Morgan fingerprint density at radius 3 is 2.29 bits per heavy atom. The van der Waals surface area contributed by atoms with Crippen molar-refractivity contribution in [2.24, 2.45) is 5.92 Å². The lowest BCUT2D eigenvalue weighted by atomic mass is 9.80. The molecule has 0 aromatic heterocycles. The molecule has 21 heavy (non-hydrogen) atoms. The van der Waals surface area contributed by atoms with Crippen molar-refractivity contribution in [3.63, 3.8) is 0 Å². The van der Waals surface area contributed by atoms with Crippen molar-refractivity contribution in [2.45, 2.75) is 90.3 Å². The van der Waals surface area contributed by atoms with E-state index in [4.69, 9.17) is 0 Å². The van der Waals surface area contributed by atoms with Gasteiger partial charge in [-0.05, 0) is 45.4 Å². The summed E-state index contributed by atoms with van der Waals surface area (Å²) in [7, 11) is 0. The topological polar surface area (TPSA) is 49.4 Å². The monoisotopic (exact) mass is 294 g/mol. The predicted octanol–water partition coefficient (Wildman–Crippen LogP) is 2.86. The van der Waals surface area contributed by atoms with E-state index in [2.05, 4.69) is 12.2 Å². The number of rotatable bonds is 4. The summed E-state index contributed by atoms with van der Waals surface area (Å²) in [5.74, 6) is 0.668. The molecule has 2 rings (SSSR count). The number of carbonyl (C=O) groups excluding carboxylic acids is 2. The Balaban J connectivity index is 2.25. The Morgan fingerprint density at radius 1 is 1.19 bits per heavy atom. The zero-order chi connectivity index (χ0) is 15.6. The highest BCUT2D eigenvalue weighted by Gasteiger charge is 2.49. The summed E-state index contributed by atoms with van der Waals surface area (Å²) >= 11 is 0. The van der Waals surface area contributed by atoms with Gasteiger partial charge in [-0.1, -0.05) is 33.1 Å². The summed E-state index contributed by atoms with van der Waals surface area (Å²) in [6.07, 6.45) is 7.51. The lowest BCUT2D eigenvalue weighted by molar-refractivity contribution is -0.159. The molecule has 4 nitrogen and oxygen atoms in total. The van der Waals surface area contributed by atoms with E-state index in [0.29, 0.717) is 18.8 Å². The maximum atomic E-state index is 13.1. The first-order valence-corrected chi connectivity index (χ1v) is 8.61. The summed E-state index contributed by atoms with van der Waals surface area (Å²) in [6, 6.07) is -0.183. The van der Waals surface area contributed by atoms with Crippen molar-refractivity contribution in [3.05, 3.63) is 0 Å². The van der Waals surface area contributed by atoms with Crippen molar-refractivity contribution < 1.29 is 9.59 Å². The smallest absolute Gasteiger partial charge is 0.249 e. The van der Waals surface area contributed by atoms with E-state index in [0.717, 1.165) is 0 Å². The molecule has 1 saturated carbocycles. The Bertz CT molecular complexity index is 398. The zero-order valence-electron chi connectivity index (χ0n) is 13.9. The van der Waals surface area contributed by atoms with E-state index in [-0.39, 0.29) is 23.9 Å². The highest BCUT2D eigenvalue weighted by molar-refractivity contribution is 5.99. The number of carbonyl (C=O) groups is 2. The number of nitrogens with zero attached hydrogens (tertiary/aromatic N) is 1. The molecule has 0 bridgehead atoms. The Morgan fingerprint density at radius 2 is 1.76 bits per heavy atom. The van der Waals surface area contributed by atoms with E-state index in [9.17, 15) is 9.59 Å². The summed E-state index contributed by atoms with van der Waals surface area (Å²) in [6.45, 7) is 7.98. The minimum absolute atomic E-state index is 0.000888. The van der Waals surface area contributed by atoms with Crippen molar-refractivity contribution >= 4 is 11.8 Å². The summed E-state index contributed by atoms with van der Waals surface area (Å²) in [5.41, 5.74) is -0.688. The van der Waals surface area contributed by atoms with Crippen molar-refractivity contribution in [3.8, 4) is 0 Å². The first kappa shape index (κ1) is 16.3. The third-order valence-electron chi connectivity index (χ3n) is 5.78. The first-order valence-electron chi connectivity index (χ1n) is 8.61. The average Bonchev–Trinajstić information content (AvgIpc) is 2.52. The average molecular weight is 294 g/mol. The third kappa shape index (κ3) is 2.82. The van der Waals surface area contributed by atoms with Crippen LogP contribution >= 0.6 is 0 Å². The van der Waals surface area contributed by atoms with Crippen molar-refractivity contribution in [1.82, 2.24) is 10.2 Å². The molecule has 1 saturated heterocycles. The van der Waals surface area contributed by atoms with E-state index in [1.54, 1.807) is 0 Å². The second-order valence-corrected chi connectivity index (χ2v) is 6.81. The quantitative estimate of drug-likeness (QED) is 0.866. The fourth-order valence-electron chi connectivity index (χ4n) is 4.05. The molecular formula is C17H30N2O2. The molecule has 2 fully saturated rings. The van der Waals surface area contributed by atoms with Crippen LogP contribution in [-0.2, 0) is 9.59 Å². The molecular weight excluding hydrogens is 264 g/mol. The molecule has 2 aliphatic rings. The van der Waals surface area contributed by atoms with Gasteiger partial charge in [0.2, 0.25) is 11.8 Å². The molecule has 2 unspecified atom stereocenters. The highest BCUT2D eigenvalue weighted by Crippen LogP contribution is 2.33. The normalized spacial score (nSPS) is 28.4. The van der Waals surface area contributed by atoms with Gasteiger partial charge in [-0.3, -0.25) is 9.59 Å². The number of nitrogens with one attached hydrogen (secondary N) is 1. The lowest BCUT2D eigenvalue weighted by Crippen LogP contribution is -2.71. The van der Waals surface area contributed by atoms with Gasteiger partial charge in [-0.15, -0.1) is 0 Å². The van der Waals surface area contributed by atoms with Crippen LogP contribution in [-0.4, -0.2) is 34.3 Å². The second kappa shape index (κ2) is 6.37. The van der Waals surface area contributed by atoms with Crippen LogP contribution in [0.25, 0.3) is 0 Å². The summed E-state index contributed by atoms with van der Waals surface area (Å²) in [5, 5.41) is 2.99. The Labute approximate surface area is 128 Å². The minimum Gasteiger partial charge on any atom is -0.340 e. The zero-order valence-corrected chi connectivity index (χ0v) is 13.9. The van der Waals surface area contributed by atoms with Crippen LogP contribution in [0.5, 0.6) is 0 Å². The molecule has 2 amide bonds. The van der Waals surface area contributed by atoms with Gasteiger partial charge < -0.3 is 10.2 Å². The van der Waals surface area contributed by atoms with Crippen molar-refractivity contribution in [1.29, 1.82) is 0 Å². The molecule has 1 aliphatic carbocycles. The van der Waals surface area contributed by atoms with Gasteiger partial charge in [0.15, 0.2) is 0 Å². The summed E-state index contributed by atoms with van der Waals surface area (Å²) in [4.78, 5) is 27.3. The molecule has 120 valence electrons. The van der Waals surface area contributed by atoms with Gasteiger partial charge >= 0.3 is 0 Å². The standard InChI is InChI=1S/C17H30N2O2/c1-5-17(6-2)16(21)19(13(4)15(20)18-17)12(3)14-10-8-7-9-11-14/h12-14H,5-11H2,1-4H3,(H,18,20). The molecule has 4 heteroatoms. The molecule has 0 aromatic carbocycles. The molecule has 1 N–H and O–H groups in total. The van der Waals surface area contributed by atoms with Crippen LogP contribution in [0.4, 0.5) is 0 Å². The van der Waals surface area contributed by atoms with E-state index in [1.165, 1.54) is 32.1 Å². The third-order valence-corrected chi connectivity index (χ3v) is 5.78. The fraction of sp³-hybridized carbons (Fsp3) is 0.882. The predicted molar refractivity (Wildman–Crippen MR) is 83.8 cm³/mol. The molecule has 0 aromatic rings. The van der Waals surface area contributed by atoms with Gasteiger partial charge in [-0.2, -0.15) is 0 Å². The van der Waals surface area contributed by atoms with Gasteiger partial charge in [0, 0.05) is 6.04 Å². The van der Waals surface area contributed by atoms with Crippen LogP contribution in [0.15, 0.2) is 0 Å². The van der Waals surface area contributed by atoms with Crippen LogP contribution < -0.4 is 5.32 Å². The van der Waals surface area contributed by atoms with Gasteiger partial charge in [0.1, 0.15) is 11.6 Å². The van der Waals surface area contributed by atoms with Gasteiger partial charge in [0.05, 0.1) is 0 Å². The number of hydrogen-bond acceptors (Lipinski definition) is 2. The molecule has 1 heterocycles. The van der Waals surface area contributed by atoms with E-state index < -0.39 is 5.54 Å². The highest BCUT2D eigenvalue weighted by atomic mass is 16.2. The largest absolute Gasteiger partial charge is 0.340 e. The van der Waals surface area contributed by atoms with Crippen LogP contribution in [0.2, 0.25) is 0 Å². The van der Waals surface area contributed by atoms with Crippen LogP contribution in [0.3, 0.4) is 0 Å². The molecule has 2 atom stereocenters. The van der Waals surface area contributed by atoms with E-state index in [1.807, 2.05) is 25.7 Å². The second-order valence-electron chi connectivity index (χ2n) is 6.81.